The number of aliphatic hydroxyl groups excluding tert-OH is 1. The first-order valence-corrected chi connectivity index (χ1v) is 5.52. The first-order valence-electron chi connectivity index (χ1n) is 5.52. The van der Waals surface area contributed by atoms with Crippen LogP contribution in [0.5, 0.6) is 0 Å². The van der Waals surface area contributed by atoms with Crippen molar-refractivity contribution in [3.05, 3.63) is 0 Å². The molecule has 0 amide bonds. The predicted molar refractivity (Wildman–Crippen MR) is 55.7 cm³/mol. The zero-order valence-corrected chi connectivity index (χ0v) is 9.09. The highest BCUT2D eigenvalue weighted by Gasteiger charge is 2.27. The number of hydrogen-bond donors (Lipinski definition) is 2. The first-order chi connectivity index (χ1) is 6.15. The minimum absolute atomic E-state index is 0.244. The molecular weight excluding hydrogens is 162 g/mol. The molecule has 1 aliphatic rings. The van der Waals surface area contributed by atoms with Gasteiger partial charge in [0.1, 0.15) is 0 Å². The maximum absolute atomic E-state index is 8.98. The van der Waals surface area contributed by atoms with Crippen molar-refractivity contribution in [3.8, 4) is 0 Å². The number of hydrogen-bond acceptors (Lipinski definition) is 2. The van der Waals surface area contributed by atoms with Gasteiger partial charge in [-0.05, 0) is 31.6 Å². The van der Waals surface area contributed by atoms with E-state index >= 15 is 0 Å². The van der Waals surface area contributed by atoms with E-state index in [2.05, 4.69) is 19.2 Å². The summed E-state index contributed by atoms with van der Waals surface area (Å²) in [6, 6.07) is 0.851. The molecule has 0 heterocycles. The van der Waals surface area contributed by atoms with Gasteiger partial charge in [0.15, 0.2) is 0 Å². The van der Waals surface area contributed by atoms with Crippen molar-refractivity contribution in [1.82, 2.24) is 5.32 Å². The molecule has 2 nitrogen and oxygen atoms in total. The number of aliphatic hydroxyl groups is 1. The molecule has 1 saturated carbocycles. The summed E-state index contributed by atoms with van der Waals surface area (Å²) in [4.78, 5) is 0. The zero-order valence-electron chi connectivity index (χ0n) is 9.09. The fraction of sp³-hybridized carbons (Fsp3) is 1.00. The van der Waals surface area contributed by atoms with Crippen molar-refractivity contribution in [3.63, 3.8) is 0 Å². The molecule has 78 valence electrons. The molecule has 3 atom stereocenters. The van der Waals surface area contributed by atoms with Gasteiger partial charge in [-0.1, -0.05) is 20.3 Å². The van der Waals surface area contributed by atoms with Crippen LogP contribution in [0.2, 0.25) is 0 Å². The summed E-state index contributed by atoms with van der Waals surface area (Å²) in [6.45, 7) is 6.93. The van der Waals surface area contributed by atoms with Crippen LogP contribution < -0.4 is 5.32 Å². The van der Waals surface area contributed by atoms with Gasteiger partial charge in [0.05, 0.1) is 6.61 Å². The van der Waals surface area contributed by atoms with E-state index in [4.69, 9.17) is 5.11 Å². The largest absolute Gasteiger partial charge is 0.395 e. The van der Waals surface area contributed by atoms with E-state index in [0.717, 1.165) is 11.8 Å². The normalized spacial score (nSPS) is 37.4. The Balaban J connectivity index is 2.43. The minimum Gasteiger partial charge on any atom is -0.395 e. The molecule has 0 aromatic carbocycles. The second-order valence-corrected chi connectivity index (χ2v) is 4.66. The topological polar surface area (TPSA) is 32.3 Å². The van der Waals surface area contributed by atoms with Crippen LogP contribution in [0.1, 0.15) is 40.0 Å². The van der Waals surface area contributed by atoms with Gasteiger partial charge in [0.2, 0.25) is 0 Å². The van der Waals surface area contributed by atoms with Crippen molar-refractivity contribution in [2.75, 3.05) is 6.61 Å². The Hall–Kier alpha value is -0.0800. The Morgan fingerprint density at radius 3 is 2.31 bits per heavy atom. The third-order valence-corrected chi connectivity index (χ3v) is 3.30. The number of nitrogens with one attached hydrogen (secondary N) is 1. The van der Waals surface area contributed by atoms with E-state index < -0.39 is 0 Å². The second-order valence-electron chi connectivity index (χ2n) is 4.66. The highest BCUT2D eigenvalue weighted by Crippen LogP contribution is 2.28. The third kappa shape index (κ3) is 2.96. The van der Waals surface area contributed by atoms with Gasteiger partial charge in [0, 0.05) is 12.1 Å². The lowest BCUT2D eigenvalue weighted by Crippen LogP contribution is -2.47. The van der Waals surface area contributed by atoms with Crippen molar-refractivity contribution in [2.45, 2.75) is 52.1 Å². The van der Waals surface area contributed by atoms with Crippen LogP contribution in [0.15, 0.2) is 0 Å². The van der Waals surface area contributed by atoms with Crippen molar-refractivity contribution in [1.29, 1.82) is 0 Å². The molecule has 0 radical (unpaired) electrons. The SMILES string of the molecule is CC1CCCC(C)C1N[C@@H](C)CO. The van der Waals surface area contributed by atoms with E-state index in [9.17, 15) is 0 Å². The van der Waals surface area contributed by atoms with Crippen LogP contribution in [-0.2, 0) is 0 Å². The summed E-state index contributed by atoms with van der Waals surface area (Å²) in [5.74, 6) is 1.52. The lowest BCUT2D eigenvalue weighted by Gasteiger charge is -2.37. The molecule has 0 bridgehead atoms. The number of rotatable bonds is 3. The first kappa shape index (κ1) is 11.0. The average Bonchev–Trinajstić information content (AvgIpc) is 2.11. The molecule has 2 heteroatoms. The zero-order chi connectivity index (χ0) is 9.84. The van der Waals surface area contributed by atoms with Crippen LogP contribution in [0.3, 0.4) is 0 Å². The van der Waals surface area contributed by atoms with Gasteiger partial charge >= 0.3 is 0 Å². The lowest BCUT2D eigenvalue weighted by molar-refractivity contribution is 0.166. The van der Waals surface area contributed by atoms with Gasteiger partial charge in [0.25, 0.3) is 0 Å². The summed E-state index contributed by atoms with van der Waals surface area (Å²) in [5.41, 5.74) is 0. The lowest BCUT2D eigenvalue weighted by atomic mass is 9.78. The highest BCUT2D eigenvalue weighted by molar-refractivity contribution is 4.84. The van der Waals surface area contributed by atoms with Crippen LogP contribution in [-0.4, -0.2) is 23.8 Å². The Labute approximate surface area is 81.7 Å². The summed E-state index contributed by atoms with van der Waals surface area (Å²) >= 11 is 0. The summed E-state index contributed by atoms with van der Waals surface area (Å²) in [6.07, 6.45) is 4.04. The molecule has 0 spiro atoms. The summed E-state index contributed by atoms with van der Waals surface area (Å²) in [5, 5.41) is 12.5. The fourth-order valence-corrected chi connectivity index (χ4v) is 2.39. The summed E-state index contributed by atoms with van der Waals surface area (Å²) < 4.78 is 0. The Kier molecular flexibility index (Phi) is 4.20. The maximum atomic E-state index is 8.98. The molecule has 2 N–H and O–H groups in total. The van der Waals surface area contributed by atoms with E-state index in [1.165, 1.54) is 19.3 Å². The fourth-order valence-electron chi connectivity index (χ4n) is 2.39. The Bertz CT molecular complexity index is 139. The smallest absolute Gasteiger partial charge is 0.0582 e. The summed E-state index contributed by atoms with van der Waals surface area (Å²) in [7, 11) is 0. The molecule has 2 unspecified atom stereocenters. The molecule has 1 rings (SSSR count). The van der Waals surface area contributed by atoms with E-state index in [0.29, 0.717) is 6.04 Å². The Morgan fingerprint density at radius 1 is 1.31 bits per heavy atom. The van der Waals surface area contributed by atoms with Crippen LogP contribution in [0.25, 0.3) is 0 Å². The molecule has 0 aromatic heterocycles. The second kappa shape index (κ2) is 4.97. The molecule has 13 heavy (non-hydrogen) atoms. The van der Waals surface area contributed by atoms with Crippen LogP contribution >= 0.6 is 0 Å². The van der Waals surface area contributed by atoms with Gasteiger partial charge in [-0.15, -0.1) is 0 Å². The van der Waals surface area contributed by atoms with Crippen LogP contribution in [0, 0.1) is 11.8 Å². The Morgan fingerprint density at radius 2 is 1.85 bits per heavy atom. The average molecular weight is 185 g/mol. The molecule has 0 aliphatic heterocycles. The molecule has 0 saturated heterocycles. The highest BCUT2D eigenvalue weighted by atomic mass is 16.3. The van der Waals surface area contributed by atoms with Gasteiger partial charge in [-0.2, -0.15) is 0 Å². The van der Waals surface area contributed by atoms with E-state index in [1.54, 1.807) is 0 Å². The van der Waals surface area contributed by atoms with Crippen molar-refractivity contribution < 1.29 is 5.11 Å². The molecule has 1 aliphatic carbocycles. The van der Waals surface area contributed by atoms with E-state index in [1.807, 2.05) is 6.92 Å². The van der Waals surface area contributed by atoms with Gasteiger partial charge in [-0.3, -0.25) is 0 Å². The van der Waals surface area contributed by atoms with Crippen molar-refractivity contribution >= 4 is 0 Å². The monoisotopic (exact) mass is 185 g/mol. The quantitative estimate of drug-likeness (QED) is 0.702. The standard InChI is InChI=1S/C11H23NO/c1-8-5-4-6-9(2)11(8)12-10(3)7-13/h8-13H,4-7H2,1-3H3/t8?,9?,10-,11?/m0/s1. The molecule has 1 fully saturated rings. The van der Waals surface area contributed by atoms with Crippen molar-refractivity contribution in [2.24, 2.45) is 11.8 Å². The molecular formula is C11H23NO. The molecule has 0 aromatic rings. The third-order valence-electron chi connectivity index (χ3n) is 3.30. The minimum atomic E-state index is 0.244. The predicted octanol–water partition coefficient (Wildman–Crippen LogP) is 1.78. The maximum Gasteiger partial charge on any atom is 0.0582 e. The van der Waals surface area contributed by atoms with Gasteiger partial charge in [-0.25, -0.2) is 0 Å². The van der Waals surface area contributed by atoms with Gasteiger partial charge < -0.3 is 10.4 Å². The van der Waals surface area contributed by atoms with Crippen LogP contribution in [0.4, 0.5) is 0 Å². The van der Waals surface area contributed by atoms with E-state index in [-0.39, 0.29) is 12.6 Å².